The monoisotopic (exact) mass is 414 g/mol. The summed E-state index contributed by atoms with van der Waals surface area (Å²) < 4.78 is 0. The molecule has 1 amide bonds. The largest absolute Gasteiger partial charge is 0.372 e. The first-order valence-electron chi connectivity index (χ1n) is 12.2. The van der Waals surface area contributed by atoms with Crippen molar-refractivity contribution in [2.45, 2.75) is 89.9 Å². The predicted molar refractivity (Wildman–Crippen MR) is 126 cm³/mol. The molecular formula is C25H42N4O. The van der Waals surface area contributed by atoms with E-state index < -0.39 is 0 Å². The quantitative estimate of drug-likeness (QED) is 0.677. The van der Waals surface area contributed by atoms with Crippen LogP contribution in [-0.4, -0.2) is 55.6 Å². The van der Waals surface area contributed by atoms with Gasteiger partial charge in [-0.25, -0.2) is 0 Å². The number of nitrogens with one attached hydrogen (secondary N) is 2. The fourth-order valence-corrected chi connectivity index (χ4v) is 5.23. The van der Waals surface area contributed by atoms with Crippen LogP contribution in [0.15, 0.2) is 24.3 Å². The summed E-state index contributed by atoms with van der Waals surface area (Å²) >= 11 is 0. The first-order valence-corrected chi connectivity index (χ1v) is 12.2. The van der Waals surface area contributed by atoms with E-state index in [0.29, 0.717) is 12.1 Å². The molecule has 0 bridgehead atoms. The molecule has 2 N–H and O–H groups in total. The van der Waals surface area contributed by atoms with Crippen LogP contribution in [0.5, 0.6) is 0 Å². The number of rotatable bonds is 8. The van der Waals surface area contributed by atoms with Gasteiger partial charge in [-0.15, -0.1) is 0 Å². The Bertz CT molecular complexity index is 635. The highest BCUT2D eigenvalue weighted by Gasteiger charge is 2.37. The molecule has 30 heavy (non-hydrogen) atoms. The maximum Gasteiger partial charge on any atom is 0.237 e. The summed E-state index contributed by atoms with van der Waals surface area (Å²) in [7, 11) is 1.76. The van der Waals surface area contributed by atoms with Crippen molar-refractivity contribution in [1.29, 1.82) is 0 Å². The van der Waals surface area contributed by atoms with Gasteiger partial charge in [0.15, 0.2) is 0 Å². The van der Waals surface area contributed by atoms with Gasteiger partial charge in [-0.3, -0.25) is 9.69 Å². The Morgan fingerprint density at radius 3 is 2.23 bits per heavy atom. The molecule has 0 aromatic heterocycles. The summed E-state index contributed by atoms with van der Waals surface area (Å²) in [5, 5.41) is 6.81. The number of carbonyl (C=O) groups is 1. The van der Waals surface area contributed by atoms with Gasteiger partial charge in [0.05, 0.1) is 6.04 Å². The lowest BCUT2D eigenvalue weighted by Gasteiger charge is -2.25. The van der Waals surface area contributed by atoms with Crippen LogP contribution >= 0.6 is 0 Å². The number of amides is 1. The van der Waals surface area contributed by atoms with Gasteiger partial charge >= 0.3 is 0 Å². The van der Waals surface area contributed by atoms with Crippen LogP contribution in [0.3, 0.4) is 0 Å². The number of carbonyl (C=O) groups excluding carboxylic acids is 1. The molecule has 3 rings (SSSR count). The first kappa shape index (κ1) is 23.1. The average molecular weight is 415 g/mol. The Kier molecular flexibility index (Phi) is 9.01. The van der Waals surface area contributed by atoms with Crippen molar-refractivity contribution < 1.29 is 4.79 Å². The maximum atomic E-state index is 12.6. The van der Waals surface area contributed by atoms with Gasteiger partial charge in [-0.1, -0.05) is 44.2 Å². The van der Waals surface area contributed by atoms with Gasteiger partial charge in [0, 0.05) is 51.0 Å². The Hall–Kier alpha value is -1.59. The number of anilines is 1. The minimum atomic E-state index is -0.0384. The molecule has 168 valence electrons. The van der Waals surface area contributed by atoms with Crippen LogP contribution in [0.25, 0.3) is 0 Å². The zero-order valence-corrected chi connectivity index (χ0v) is 19.3. The molecule has 1 heterocycles. The normalized spacial score (nSPS) is 23.7. The van der Waals surface area contributed by atoms with E-state index in [0.717, 1.165) is 32.6 Å². The molecule has 0 radical (unpaired) electrons. The fourth-order valence-electron chi connectivity index (χ4n) is 5.23. The van der Waals surface area contributed by atoms with Crippen molar-refractivity contribution in [3.63, 3.8) is 0 Å². The molecule has 0 unspecified atom stereocenters. The topological polar surface area (TPSA) is 47.6 Å². The highest BCUT2D eigenvalue weighted by atomic mass is 16.2. The van der Waals surface area contributed by atoms with Crippen molar-refractivity contribution >= 4 is 11.6 Å². The van der Waals surface area contributed by atoms with Crippen LogP contribution < -0.4 is 15.5 Å². The molecule has 1 saturated carbocycles. The minimum absolute atomic E-state index is 0.0384. The van der Waals surface area contributed by atoms with E-state index in [4.69, 9.17) is 0 Å². The Labute approximate surface area is 183 Å². The Morgan fingerprint density at radius 1 is 1.00 bits per heavy atom. The van der Waals surface area contributed by atoms with Gasteiger partial charge in [0.25, 0.3) is 0 Å². The molecule has 5 nitrogen and oxygen atoms in total. The van der Waals surface area contributed by atoms with E-state index in [1.807, 2.05) is 0 Å². The summed E-state index contributed by atoms with van der Waals surface area (Å²) in [6, 6.07) is 9.88. The Balaban J connectivity index is 1.62. The lowest BCUT2D eigenvalue weighted by molar-refractivity contribution is -0.125. The summed E-state index contributed by atoms with van der Waals surface area (Å²) in [6.45, 7) is 8.22. The third kappa shape index (κ3) is 6.21. The number of likely N-dealkylation sites (tertiary alicyclic amines) is 1. The molecule has 1 aromatic carbocycles. The van der Waals surface area contributed by atoms with Crippen LogP contribution in [0.1, 0.15) is 70.8 Å². The Morgan fingerprint density at radius 2 is 1.63 bits per heavy atom. The van der Waals surface area contributed by atoms with E-state index in [2.05, 4.69) is 58.5 Å². The number of hydrogen-bond donors (Lipinski definition) is 2. The summed E-state index contributed by atoms with van der Waals surface area (Å²) in [4.78, 5) is 17.3. The van der Waals surface area contributed by atoms with Crippen molar-refractivity contribution in [3.05, 3.63) is 29.8 Å². The first-order chi connectivity index (χ1) is 14.6. The zero-order chi connectivity index (χ0) is 21.3. The molecule has 1 saturated heterocycles. The molecule has 2 fully saturated rings. The molecule has 2 atom stereocenters. The van der Waals surface area contributed by atoms with Crippen LogP contribution in [0.4, 0.5) is 5.69 Å². The van der Waals surface area contributed by atoms with Crippen molar-refractivity contribution in [1.82, 2.24) is 15.5 Å². The van der Waals surface area contributed by atoms with Gasteiger partial charge in [0.1, 0.15) is 0 Å². The maximum absolute atomic E-state index is 12.6. The van der Waals surface area contributed by atoms with E-state index >= 15 is 0 Å². The van der Waals surface area contributed by atoms with Crippen molar-refractivity contribution in [2.75, 3.05) is 31.6 Å². The van der Waals surface area contributed by atoms with Crippen LogP contribution in [0.2, 0.25) is 0 Å². The molecule has 1 aliphatic carbocycles. The number of nitrogens with zero attached hydrogens (tertiary/aromatic N) is 2. The van der Waals surface area contributed by atoms with Gasteiger partial charge in [0.2, 0.25) is 5.91 Å². The summed E-state index contributed by atoms with van der Waals surface area (Å²) in [5.41, 5.74) is 2.56. The summed E-state index contributed by atoms with van der Waals surface area (Å²) in [5.74, 6) is 0.150. The molecule has 1 aliphatic heterocycles. The number of likely N-dealkylation sites (N-methyl/N-ethyl adjacent to an activating group) is 1. The number of hydrogen-bond acceptors (Lipinski definition) is 4. The second-order valence-corrected chi connectivity index (χ2v) is 9.04. The molecule has 2 aliphatic rings. The second-order valence-electron chi connectivity index (χ2n) is 9.04. The summed E-state index contributed by atoms with van der Waals surface area (Å²) in [6.07, 6.45) is 10.3. The highest BCUT2D eigenvalue weighted by Crippen LogP contribution is 2.25. The minimum Gasteiger partial charge on any atom is -0.372 e. The SMILES string of the molecule is CCN(CC)c1ccc(CN2C[C@@H](NC3CCCCCCC3)C[C@H]2C(=O)NC)cc1. The lowest BCUT2D eigenvalue weighted by atomic mass is 9.96. The van der Waals surface area contributed by atoms with E-state index in [9.17, 15) is 4.79 Å². The molecule has 5 heteroatoms. The van der Waals surface area contributed by atoms with Crippen LogP contribution in [-0.2, 0) is 11.3 Å². The van der Waals surface area contributed by atoms with Gasteiger partial charge in [-0.05, 0) is 50.8 Å². The highest BCUT2D eigenvalue weighted by molar-refractivity contribution is 5.81. The van der Waals surface area contributed by atoms with E-state index in [-0.39, 0.29) is 11.9 Å². The van der Waals surface area contributed by atoms with E-state index in [1.54, 1.807) is 7.05 Å². The van der Waals surface area contributed by atoms with Gasteiger partial charge in [-0.2, -0.15) is 0 Å². The predicted octanol–water partition coefficient (Wildman–Crippen LogP) is 3.92. The van der Waals surface area contributed by atoms with Crippen molar-refractivity contribution in [2.24, 2.45) is 0 Å². The number of benzene rings is 1. The molecule has 1 aromatic rings. The molecular weight excluding hydrogens is 372 g/mol. The third-order valence-electron chi connectivity index (χ3n) is 6.98. The fraction of sp³-hybridized carbons (Fsp3) is 0.720. The van der Waals surface area contributed by atoms with Gasteiger partial charge < -0.3 is 15.5 Å². The average Bonchev–Trinajstić information content (AvgIpc) is 3.13. The van der Waals surface area contributed by atoms with E-state index in [1.165, 1.54) is 56.2 Å². The van der Waals surface area contributed by atoms with Crippen molar-refractivity contribution in [3.8, 4) is 0 Å². The zero-order valence-electron chi connectivity index (χ0n) is 19.3. The van der Waals surface area contributed by atoms with Crippen LogP contribution in [0, 0.1) is 0 Å². The standard InChI is InChI=1S/C25H42N4O/c1-4-28(5-2)23-15-13-20(14-16-23)18-29-19-22(17-24(29)25(30)26-3)27-21-11-9-7-6-8-10-12-21/h13-16,21-22,24,27H,4-12,17-19H2,1-3H3,(H,26,30)/t22-,24-/m0/s1. The smallest absolute Gasteiger partial charge is 0.237 e. The second kappa shape index (κ2) is 11.7. The lowest BCUT2D eigenvalue weighted by Crippen LogP contribution is -2.41. The third-order valence-corrected chi connectivity index (χ3v) is 6.98. The molecule has 0 spiro atoms.